The molecule has 1 saturated carbocycles. The molecule has 1 saturated heterocycles. The van der Waals surface area contributed by atoms with Crippen molar-refractivity contribution in [3.8, 4) is 5.75 Å². The molecule has 4 atom stereocenters. The number of hydrogen-bond donors (Lipinski definition) is 0. The Hall–Kier alpha value is -4.25. The molecule has 2 amide bonds. The van der Waals surface area contributed by atoms with Crippen LogP contribution in [0.2, 0.25) is 0 Å². The van der Waals surface area contributed by atoms with E-state index in [0.717, 1.165) is 22.3 Å². The zero-order valence-corrected chi connectivity index (χ0v) is 19.1. The number of benzene rings is 3. The third-order valence-corrected chi connectivity index (χ3v) is 7.17. The fourth-order valence-electron chi connectivity index (χ4n) is 5.91. The molecule has 2 bridgehead atoms. The van der Waals surface area contributed by atoms with Crippen LogP contribution in [0.1, 0.15) is 18.1 Å². The summed E-state index contributed by atoms with van der Waals surface area (Å²) in [4.78, 5) is 40.1. The number of carbonyl (C=O) groups is 3. The number of hydrogen-bond acceptors (Lipinski definition) is 4. The number of amides is 2. The molecule has 3 aromatic rings. The first-order valence-electron chi connectivity index (χ1n) is 11.7. The Kier molecular flexibility index (Phi) is 4.99. The van der Waals surface area contributed by atoms with Crippen molar-refractivity contribution in [1.29, 1.82) is 0 Å². The molecule has 0 radical (unpaired) electrons. The van der Waals surface area contributed by atoms with E-state index in [0.29, 0.717) is 11.4 Å². The summed E-state index contributed by atoms with van der Waals surface area (Å²) in [6.07, 6.45) is 4.19. The maximum atomic E-state index is 13.7. The van der Waals surface area contributed by atoms with Crippen LogP contribution in [-0.2, 0) is 14.4 Å². The Morgan fingerprint density at radius 2 is 1.29 bits per heavy atom. The van der Waals surface area contributed by atoms with Crippen LogP contribution in [0.4, 0.5) is 5.69 Å². The van der Waals surface area contributed by atoms with Gasteiger partial charge in [-0.25, -0.2) is 4.90 Å². The molecule has 2 aliphatic carbocycles. The number of allylic oxidation sites excluding steroid dienone is 3. The molecule has 35 heavy (non-hydrogen) atoms. The third kappa shape index (κ3) is 3.35. The van der Waals surface area contributed by atoms with Crippen molar-refractivity contribution in [2.45, 2.75) is 6.92 Å². The summed E-state index contributed by atoms with van der Waals surface area (Å²) >= 11 is 0. The van der Waals surface area contributed by atoms with Crippen LogP contribution in [0, 0.1) is 23.7 Å². The number of rotatable bonds is 4. The van der Waals surface area contributed by atoms with E-state index in [2.05, 4.69) is 36.4 Å². The summed E-state index contributed by atoms with van der Waals surface area (Å²) in [6, 6.07) is 26.9. The molecule has 6 rings (SSSR count). The van der Waals surface area contributed by atoms with Gasteiger partial charge >= 0.3 is 5.97 Å². The average Bonchev–Trinajstić information content (AvgIpc) is 3.49. The van der Waals surface area contributed by atoms with E-state index in [1.54, 1.807) is 24.3 Å². The van der Waals surface area contributed by atoms with E-state index in [4.69, 9.17) is 4.74 Å². The van der Waals surface area contributed by atoms with Gasteiger partial charge in [0.15, 0.2) is 0 Å². The number of esters is 1. The minimum Gasteiger partial charge on any atom is -0.427 e. The fraction of sp³-hybridized carbons (Fsp3) is 0.167. The highest BCUT2D eigenvalue weighted by molar-refractivity contribution is 6.23. The van der Waals surface area contributed by atoms with Gasteiger partial charge in [0.2, 0.25) is 11.8 Å². The van der Waals surface area contributed by atoms with Gasteiger partial charge in [0.05, 0.1) is 17.5 Å². The Morgan fingerprint density at radius 1 is 0.743 bits per heavy atom. The van der Waals surface area contributed by atoms with Crippen LogP contribution in [-0.4, -0.2) is 17.8 Å². The zero-order valence-electron chi connectivity index (χ0n) is 19.1. The van der Waals surface area contributed by atoms with Crippen molar-refractivity contribution in [1.82, 2.24) is 0 Å². The third-order valence-electron chi connectivity index (χ3n) is 7.17. The van der Waals surface area contributed by atoms with Gasteiger partial charge in [0.1, 0.15) is 5.75 Å². The topological polar surface area (TPSA) is 63.7 Å². The van der Waals surface area contributed by atoms with Crippen LogP contribution in [0.15, 0.2) is 103 Å². The van der Waals surface area contributed by atoms with Crippen LogP contribution in [0.3, 0.4) is 0 Å². The molecule has 5 heteroatoms. The van der Waals surface area contributed by atoms with Gasteiger partial charge in [0.25, 0.3) is 0 Å². The second-order valence-electron chi connectivity index (χ2n) is 9.15. The van der Waals surface area contributed by atoms with Crippen molar-refractivity contribution < 1.29 is 19.1 Å². The van der Waals surface area contributed by atoms with E-state index >= 15 is 0 Å². The highest BCUT2D eigenvalue weighted by Gasteiger charge is 2.62. The van der Waals surface area contributed by atoms with E-state index in [1.807, 2.05) is 36.4 Å². The molecule has 172 valence electrons. The highest BCUT2D eigenvalue weighted by atomic mass is 16.5. The summed E-state index contributed by atoms with van der Waals surface area (Å²) < 4.78 is 5.17. The lowest BCUT2D eigenvalue weighted by molar-refractivity contribution is -0.132. The van der Waals surface area contributed by atoms with Gasteiger partial charge < -0.3 is 4.74 Å². The minimum absolute atomic E-state index is 0.140. The molecule has 5 nitrogen and oxygen atoms in total. The maximum Gasteiger partial charge on any atom is 0.308 e. The number of carbonyl (C=O) groups excluding carboxylic acids is 3. The van der Waals surface area contributed by atoms with Crippen molar-refractivity contribution in [2.75, 3.05) is 4.90 Å². The highest BCUT2D eigenvalue weighted by Crippen LogP contribution is 2.58. The van der Waals surface area contributed by atoms with Crippen LogP contribution in [0.25, 0.3) is 5.57 Å². The van der Waals surface area contributed by atoms with Gasteiger partial charge in [-0.05, 0) is 34.4 Å². The largest absolute Gasteiger partial charge is 0.427 e. The lowest BCUT2D eigenvalue weighted by atomic mass is 9.85. The van der Waals surface area contributed by atoms with Crippen LogP contribution >= 0.6 is 0 Å². The van der Waals surface area contributed by atoms with Gasteiger partial charge in [0, 0.05) is 24.8 Å². The molecule has 0 unspecified atom stereocenters. The first-order valence-corrected chi connectivity index (χ1v) is 11.7. The SMILES string of the molecule is CC(=O)Oc1cccc(N2C(=O)[C@@H]3[C@@H](C2=O)[C@H]2C=C[C@H]3C2=C(c2ccccc2)c2ccccc2)c1. The standard InChI is InChI=1S/C30H23NO4/c1-18(32)35-22-14-8-13-21(17-22)31-29(33)27-23-15-16-24(28(27)30(31)34)26(23)25(19-9-4-2-5-10-19)20-11-6-3-7-12-20/h2-17,23-24,27-28H,1H3/t23-,24-,27-,28-/m0/s1. The minimum atomic E-state index is -0.454. The van der Waals surface area contributed by atoms with Gasteiger partial charge in [-0.2, -0.15) is 0 Å². The Balaban J connectivity index is 1.43. The van der Waals surface area contributed by atoms with Crippen molar-refractivity contribution in [3.05, 3.63) is 114 Å². The van der Waals surface area contributed by atoms with Crippen LogP contribution in [0.5, 0.6) is 5.75 Å². The smallest absolute Gasteiger partial charge is 0.308 e. The normalized spacial score (nSPS) is 24.1. The van der Waals surface area contributed by atoms with E-state index in [-0.39, 0.29) is 23.7 Å². The molecule has 1 heterocycles. The molecular weight excluding hydrogens is 438 g/mol. The molecule has 0 aromatic heterocycles. The summed E-state index contributed by atoms with van der Waals surface area (Å²) in [5.41, 5.74) is 4.85. The monoisotopic (exact) mass is 461 g/mol. The lowest BCUT2D eigenvalue weighted by Crippen LogP contribution is -2.33. The van der Waals surface area contributed by atoms with E-state index in [9.17, 15) is 14.4 Å². The number of ether oxygens (including phenoxy) is 1. The van der Waals surface area contributed by atoms with E-state index in [1.165, 1.54) is 11.8 Å². The Labute approximate surface area is 203 Å². The molecular formula is C30H23NO4. The molecule has 0 N–H and O–H groups in total. The number of nitrogens with zero attached hydrogens (tertiary/aromatic N) is 1. The molecule has 3 aliphatic rings. The summed E-state index contributed by atoms with van der Waals surface area (Å²) in [5.74, 6) is -1.70. The number of fused-ring (bicyclic) bond motifs is 5. The number of anilines is 1. The van der Waals surface area contributed by atoms with Gasteiger partial charge in [-0.1, -0.05) is 78.9 Å². The molecule has 1 aliphatic heterocycles. The maximum absolute atomic E-state index is 13.7. The fourth-order valence-corrected chi connectivity index (χ4v) is 5.91. The quantitative estimate of drug-likeness (QED) is 0.236. The van der Waals surface area contributed by atoms with E-state index < -0.39 is 17.8 Å². The molecule has 3 aromatic carbocycles. The molecule has 2 fully saturated rings. The zero-order chi connectivity index (χ0) is 24.1. The predicted octanol–water partition coefficient (Wildman–Crippen LogP) is 5.04. The second kappa shape index (κ2) is 8.20. The van der Waals surface area contributed by atoms with Crippen molar-refractivity contribution in [3.63, 3.8) is 0 Å². The summed E-state index contributed by atoms with van der Waals surface area (Å²) in [5, 5.41) is 0. The predicted molar refractivity (Wildman–Crippen MR) is 132 cm³/mol. The number of imide groups is 1. The van der Waals surface area contributed by atoms with Gasteiger partial charge in [-0.3, -0.25) is 14.4 Å². The first-order chi connectivity index (χ1) is 17.0. The van der Waals surface area contributed by atoms with Crippen molar-refractivity contribution >= 4 is 29.0 Å². The Bertz CT molecular complexity index is 1330. The molecule has 0 spiro atoms. The summed E-state index contributed by atoms with van der Waals surface area (Å²) in [7, 11) is 0. The Morgan fingerprint density at radius 3 is 1.80 bits per heavy atom. The lowest BCUT2D eigenvalue weighted by Gasteiger charge is -2.22. The van der Waals surface area contributed by atoms with Gasteiger partial charge in [-0.15, -0.1) is 0 Å². The average molecular weight is 462 g/mol. The second-order valence-corrected chi connectivity index (χ2v) is 9.15. The van der Waals surface area contributed by atoms with Crippen LogP contribution < -0.4 is 9.64 Å². The summed E-state index contributed by atoms with van der Waals surface area (Å²) in [6.45, 7) is 1.32. The first kappa shape index (κ1) is 21.3. The van der Waals surface area contributed by atoms with Crippen molar-refractivity contribution in [2.24, 2.45) is 23.7 Å².